The van der Waals surface area contributed by atoms with E-state index >= 15 is 0 Å². The van der Waals surface area contributed by atoms with Crippen molar-refractivity contribution in [2.75, 3.05) is 29.9 Å². The molecule has 1 saturated heterocycles. The van der Waals surface area contributed by atoms with Crippen LogP contribution in [0.15, 0.2) is 24.3 Å². The molecule has 0 saturated carbocycles. The van der Waals surface area contributed by atoms with E-state index < -0.39 is 0 Å². The first-order valence-electron chi connectivity index (χ1n) is 7.06. The lowest BCUT2D eigenvalue weighted by Gasteiger charge is -2.27. The summed E-state index contributed by atoms with van der Waals surface area (Å²) >= 11 is 0. The fraction of sp³-hybridized carbons (Fsp3) is 0.600. The highest BCUT2D eigenvalue weighted by Crippen LogP contribution is 2.30. The van der Waals surface area contributed by atoms with E-state index in [2.05, 4.69) is 41.4 Å². The molecule has 2 aliphatic rings. The molecule has 3 nitrogen and oxygen atoms in total. The number of benzene rings is 1. The Morgan fingerprint density at radius 1 is 1.33 bits per heavy atom. The highest BCUT2D eigenvalue weighted by atomic mass is 16.5. The van der Waals surface area contributed by atoms with Gasteiger partial charge in [0.15, 0.2) is 0 Å². The van der Waals surface area contributed by atoms with Crippen molar-refractivity contribution in [1.82, 2.24) is 0 Å². The number of nitrogens with zero attached hydrogens (tertiary/aromatic N) is 1. The van der Waals surface area contributed by atoms with E-state index in [-0.39, 0.29) is 0 Å². The van der Waals surface area contributed by atoms with Gasteiger partial charge in [-0.15, -0.1) is 0 Å². The van der Waals surface area contributed by atoms with Gasteiger partial charge in [0.1, 0.15) is 0 Å². The number of hydrogen-bond donors (Lipinski definition) is 1. The van der Waals surface area contributed by atoms with E-state index in [9.17, 15) is 0 Å². The lowest BCUT2D eigenvalue weighted by atomic mass is 10.2. The molecular formula is C15H22N2O. The van der Waals surface area contributed by atoms with Crippen LogP contribution < -0.4 is 10.2 Å². The zero-order chi connectivity index (χ0) is 12.4. The molecule has 0 aliphatic carbocycles. The Kier molecular flexibility index (Phi) is 3.41. The van der Waals surface area contributed by atoms with Crippen molar-refractivity contribution in [2.45, 2.75) is 38.4 Å². The summed E-state index contributed by atoms with van der Waals surface area (Å²) in [5.74, 6) is 0. The van der Waals surface area contributed by atoms with E-state index in [0.29, 0.717) is 12.2 Å². The monoisotopic (exact) mass is 246 g/mol. The third-order valence-corrected chi connectivity index (χ3v) is 3.91. The van der Waals surface area contributed by atoms with Crippen molar-refractivity contribution in [3.8, 4) is 0 Å². The standard InChI is InChI=1S/C15H22N2O/c1-12-7-8-13(18-12)11-17-10-4-9-16-14-5-2-3-6-15(14)17/h2-3,5-6,12-13,16H,4,7-11H2,1H3. The van der Waals surface area contributed by atoms with Crippen LogP contribution in [0.4, 0.5) is 11.4 Å². The average Bonchev–Trinajstić information content (AvgIpc) is 2.68. The van der Waals surface area contributed by atoms with Crippen LogP contribution in [0.1, 0.15) is 26.2 Å². The minimum atomic E-state index is 0.408. The Labute approximate surface area is 109 Å². The van der Waals surface area contributed by atoms with Gasteiger partial charge >= 0.3 is 0 Å². The molecule has 1 aromatic carbocycles. The van der Waals surface area contributed by atoms with E-state index in [0.717, 1.165) is 19.6 Å². The summed E-state index contributed by atoms with van der Waals surface area (Å²) in [5, 5.41) is 3.51. The molecule has 3 heteroatoms. The molecule has 2 atom stereocenters. The van der Waals surface area contributed by atoms with Gasteiger partial charge in [0, 0.05) is 19.6 Å². The van der Waals surface area contributed by atoms with Crippen molar-refractivity contribution >= 4 is 11.4 Å². The van der Waals surface area contributed by atoms with E-state index in [1.54, 1.807) is 0 Å². The maximum atomic E-state index is 5.96. The van der Waals surface area contributed by atoms with Crippen LogP contribution >= 0.6 is 0 Å². The first-order valence-corrected chi connectivity index (χ1v) is 7.06. The Hall–Kier alpha value is -1.22. The fourth-order valence-corrected chi connectivity index (χ4v) is 2.97. The molecule has 0 aromatic heterocycles. The normalized spacial score (nSPS) is 27.5. The summed E-state index contributed by atoms with van der Waals surface area (Å²) in [6, 6.07) is 8.61. The average molecular weight is 246 g/mol. The number of fused-ring (bicyclic) bond motifs is 1. The second-order valence-electron chi connectivity index (χ2n) is 5.39. The number of anilines is 2. The minimum absolute atomic E-state index is 0.408. The third-order valence-electron chi connectivity index (χ3n) is 3.91. The molecule has 0 radical (unpaired) electrons. The number of para-hydroxylation sites is 2. The maximum absolute atomic E-state index is 5.96. The smallest absolute Gasteiger partial charge is 0.0754 e. The van der Waals surface area contributed by atoms with Gasteiger partial charge in [0.05, 0.1) is 23.6 Å². The van der Waals surface area contributed by atoms with Gasteiger partial charge < -0.3 is 15.0 Å². The maximum Gasteiger partial charge on any atom is 0.0754 e. The van der Waals surface area contributed by atoms with Gasteiger partial charge in [-0.3, -0.25) is 0 Å². The summed E-state index contributed by atoms with van der Waals surface area (Å²) in [6.45, 7) is 5.40. The molecule has 3 rings (SSSR count). The number of rotatable bonds is 2. The van der Waals surface area contributed by atoms with Gasteiger partial charge in [-0.05, 0) is 38.3 Å². The molecule has 2 heterocycles. The Bertz CT molecular complexity index is 407. The van der Waals surface area contributed by atoms with Crippen LogP contribution in [0.2, 0.25) is 0 Å². The topological polar surface area (TPSA) is 24.5 Å². The molecule has 2 aliphatic heterocycles. The predicted octanol–water partition coefficient (Wildman–Crippen LogP) is 2.88. The molecule has 1 N–H and O–H groups in total. The number of nitrogens with one attached hydrogen (secondary N) is 1. The van der Waals surface area contributed by atoms with E-state index in [1.165, 1.54) is 30.6 Å². The van der Waals surface area contributed by atoms with Crippen LogP contribution in [0.25, 0.3) is 0 Å². The quantitative estimate of drug-likeness (QED) is 0.868. The molecule has 0 amide bonds. The highest BCUT2D eigenvalue weighted by molar-refractivity contribution is 5.70. The summed E-state index contributed by atoms with van der Waals surface area (Å²) in [4.78, 5) is 2.48. The van der Waals surface area contributed by atoms with Crippen LogP contribution in [-0.4, -0.2) is 31.8 Å². The molecule has 98 valence electrons. The second kappa shape index (κ2) is 5.19. The van der Waals surface area contributed by atoms with Gasteiger partial charge in [0.25, 0.3) is 0 Å². The SMILES string of the molecule is CC1CCC(CN2CCCNc3ccccc32)O1. The number of hydrogen-bond acceptors (Lipinski definition) is 3. The summed E-state index contributed by atoms with van der Waals surface area (Å²) < 4.78 is 5.96. The van der Waals surface area contributed by atoms with Crippen molar-refractivity contribution in [3.63, 3.8) is 0 Å². The summed E-state index contributed by atoms with van der Waals surface area (Å²) in [5.41, 5.74) is 2.60. The first-order chi connectivity index (χ1) is 8.83. The van der Waals surface area contributed by atoms with E-state index in [4.69, 9.17) is 4.74 Å². The van der Waals surface area contributed by atoms with E-state index in [1.807, 2.05) is 0 Å². The fourth-order valence-electron chi connectivity index (χ4n) is 2.97. The lowest BCUT2D eigenvalue weighted by Crippen LogP contribution is -2.33. The minimum Gasteiger partial charge on any atom is -0.383 e. The zero-order valence-electron chi connectivity index (χ0n) is 11.1. The molecular weight excluding hydrogens is 224 g/mol. The van der Waals surface area contributed by atoms with Crippen molar-refractivity contribution < 1.29 is 4.74 Å². The van der Waals surface area contributed by atoms with Crippen LogP contribution in [0.3, 0.4) is 0 Å². The summed E-state index contributed by atoms with van der Waals surface area (Å²) in [6.07, 6.45) is 4.45. The Morgan fingerprint density at radius 2 is 2.22 bits per heavy atom. The summed E-state index contributed by atoms with van der Waals surface area (Å²) in [7, 11) is 0. The first kappa shape index (κ1) is 11.8. The van der Waals surface area contributed by atoms with Gasteiger partial charge in [-0.25, -0.2) is 0 Å². The van der Waals surface area contributed by atoms with Crippen molar-refractivity contribution in [1.29, 1.82) is 0 Å². The largest absolute Gasteiger partial charge is 0.383 e. The van der Waals surface area contributed by atoms with Crippen LogP contribution in [0, 0.1) is 0 Å². The van der Waals surface area contributed by atoms with Gasteiger partial charge in [-0.1, -0.05) is 12.1 Å². The van der Waals surface area contributed by atoms with Gasteiger partial charge in [-0.2, -0.15) is 0 Å². The molecule has 18 heavy (non-hydrogen) atoms. The highest BCUT2D eigenvalue weighted by Gasteiger charge is 2.25. The zero-order valence-corrected chi connectivity index (χ0v) is 11.1. The van der Waals surface area contributed by atoms with Crippen LogP contribution in [0.5, 0.6) is 0 Å². The number of ether oxygens (including phenoxy) is 1. The molecule has 1 aromatic rings. The molecule has 1 fully saturated rings. The van der Waals surface area contributed by atoms with Crippen molar-refractivity contribution in [2.24, 2.45) is 0 Å². The molecule has 0 bridgehead atoms. The van der Waals surface area contributed by atoms with Crippen LogP contribution in [-0.2, 0) is 4.74 Å². The predicted molar refractivity (Wildman–Crippen MR) is 75.3 cm³/mol. The Balaban J connectivity index is 1.75. The van der Waals surface area contributed by atoms with Gasteiger partial charge in [0.2, 0.25) is 0 Å². The lowest BCUT2D eigenvalue weighted by molar-refractivity contribution is 0.0600. The van der Waals surface area contributed by atoms with Crippen molar-refractivity contribution in [3.05, 3.63) is 24.3 Å². The molecule has 2 unspecified atom stereocenters. The third kappa shape index (κ3) is 2.46. The second-order valence-corrected chi connectivity index (χ2v) is 5.39. The molecule has 0 spiro atoms. The Morgan fingerprint density at radius 3 is 3.06 bits per heavy atom.